The van der Waals surface area contributed by atoms with Gasteiger partial charge in [0.15, 0.2) is 0 Å². The summed E-state index contributed by atoms with van der Waals surface area (Å²) in [6, 6.07) is 33.6. The summed E-state index contributed by atoms with van der Waals surface area (Å²) in [5, 5.41) is 6.86. The molecule has 3 nitrogen and oxygen atoms in total. The molecule has 4 heteroatoms. The number of fused-ring (bicyclic) bond motifs is 3. The maximum absolute atomic E-state index is 14.7. The van der Waals surface area contributed by atoms with E-state index in [1.54, 1.807) is 12.1 Å². The number of nitrogens with zero attached hydrogens (tertiary/aromatic N) is 2. The largest absolute Gasteiger partial charge is 0.464 e. The van der Waals surface area contributed by atoms with Gasteiger partial charge in [0.05, 0.1) is 17.3 Å². The third-order valence-electron chi connectivity index (χ3n) is 6.20. The first-order valence-electron chi connectivity index (χ1n) is 10.8. The molecule has 0 saturated carbocycles. The predicted molar refractivity (Wildman–Crippen MR) is 124 cm³/mol. The van der Waals surface area contributed by atoms with Crippen LogP contribution in [0.4, 0.5) is 4.39 Å². The highest BCUT2D eigenvalue weighted by molar-refractivity contribution is 6.02. The van der Waals surface area contributed by atoms with Crippen LogP contribution in [0.1, 0.15) is 35.4 Å². The first-order valence-corrected chi connectivity index (χ1v) is 10.8. The molecule has 156 valence electrons. The lowest BCUT2D eigenvalue weighted by molar-refractivity contribution is -0.0212. The Kier molecular flexibility index (Phi) is 4.50. The van der Waals surface area contributed by atoms with Crippen molar-refractivity contribution in [1.82, 2.24) is 5.01 Å². The third kappa shape index (κ3) is 3.16. The number of hydrazone groups is 1. The molecule has 6 rings (SSSR count). The lowest BCUT2D eigenvalue weighted by atomic mass is 9.95. The molecule has 0 saturated heterocycles. The van der Waals surface area contributed by atoms with Gasteiger partial charge in [0.1, 0.15) is 11.6 Å². The fourth-order valence-corrected chi connectivity index (χ4v) is 4.57. The SMILES string of the molecule is Fc1ccccc1[C@H]1Oc2ccccc2[C@@H]2CC(c3ccc(-c4ccccc4)cc3)=NN12. The summed E-state index contributed by atoms with van der Waals surface area (Å²) in [5.41, 5.74) is 5.99. The summed E-state index contributed by atoms with van der Waals surface area (Å²) in [4.78, 5) is 0. The van der Waals surface area contributed by atoms with Crippen molar-refractivity contribution in [3.05, 3.63) is 126 Å². The van der Waals surface area contributed by atoms with E-state index in [0.29, 0.717) is 5.56 Å². The molecule has 0 unspecified atom stereocenters. The molecular formula is C28H21FN2O. The second kappa shape index (κ2) is 7.65. The molecule has 4 aromatic carbocycles. The summed E-state index contributed by atoms with van der Waals surface area (Å²) in [5.74, 6) is 0.504. The van der Waals surface area contributed by atoms with Gasteiger partial charge in [0.25, 0.3) is 0 Å². The minimum absolute atomic E-state index is 0.00774. The van der Waals surface area contributed by atoms with Crippen molar-refractivity contribution in [2.75, 3.05) is 0 Å². The minimum Gasteiger partial charge on any atom is -0.464 e. The number of para-hydroxylation sites is 1. The number of benzene rings is 4. The Hall–Kier alpha value is -3.92. The average Bonchev–Trinajstić information content (AvgIpc) is 3.31. The van der Waals surface area contributed by atoms with E-state index in [2.05, 4.69) is 42.5 Å². The normalized spacial score (nSPS) is 19.0. The summed E-state index contributed by atoms with van der Waals surface area (Å²) >= 11 is 0. The van der Waals surface area contributed by atoms with Gasteiger partial charge in [-0.05, 0) is 28.8 Å². The van der Waals surface area contributed by atoms with Crippen LogP contribution in [0.5, 0.6) is 5.75 Å². The van der Waals surface area contributed by atoms with Crippen LogP contribution in [0.25, 0.3) is 11.1 Å². The molecule has 32 heavy (non-hydrogen) atoms. The molecule has 0 fully saturated rings. The molecule has 0 aromatic heterocycles. The lowest BCUT2D eigenvalue weighted by Crippen LogP contribution is -2.34. The van der Waals surface area contributed by atoms with Crippen LogP contribution in [0, 0.1) is 5.82 Å². The van der Waals surface area contributed by atoms with Crippen LogP contribution in [0.2, 0.25) is 0 Å². The molecule has 0 aliphatic carbocycles. The highest BCUT2D eigenvalue weighted by atomic mass is 19.1. The van der Waals surface area contributed by atoms with Gasteiger partial charge in [0, 0.05) is 12.0 Å². The van der Waals surface area contributed by atoms with E-state index in [1.807, 2.05) is 47.5 Å². The summed E-state index contributed by atoms with van der Waals surface area (Å²) in [6.45, 7) is 0. The molecule has 0 radical (unpaired) electrons. The summed E-state index contributed by atoms with van der Waals surface area (Å²) in [7, 11) is 0. The van der Waals surface area contributed by atoms with E-state index in [0.717, 1.165) is 29.0 Å². The van der Waals surface area contributed by atoms with Crippen molar-refractivity contribution >= 4 is 5.71 Å². The van der Waals surface area contributed by atoms with E-state index < -0.39 is 6.23 Å². The van der Waals surface area contributed by atoms with Gasteiger partial charge in [-0.1, -0.05) is 91.0 Å². The first kappa shape index (κ1) is 18.8. The van der Waals surface area contributed by atoms with Gasteiger partial charge in [-0.2, -0.15) is 5.10 Å². The summed E-state index contributed by atoms with van der Waals surface area (Å²) in [6.07, 6.45) is 0.146. The molecule has 0 N–H and O–H groups in total. The van der Waals surface area contributed by atoms with Gasteiger partial charge >= 0.3 is 0 Å². The van der Waals surface area contributed by atoms with Crippen LogP contribution in [0.3, 0.4) is 0 Å². The van der Waals surface area contributed by atoms with Gasteiger partial charge in [-0.3, -0.25) is 0 Å². The lowest BCUT2D eigenvalue weighted by Gasteiger charge is -2.38. The Morgan fingerprint density at radius 2 is 1.31 bits per heavy atom. The zero-order valence-corrected chi connectivity index (χ0v) is 17.4. The molecule has 0 spiro atoms. The Balaban J connectivity index is 1.38. The smallest absolute Gasteiger partial charge is 0.216 e. The number of halogens is 1. The van der Waals surface area contributed by atoms with Crippen LogP contribution < -0.4 is 4.74 Å². The van der Waals surface area contributed by atoms with Crippen molar-refractivity contribution < 1.29 is 9.13 Å². The quantitative estimate of drug-likeness (QED) is 0.367. The third-order valence-corrected chi connectivity index (χ3v) is 6.20. The predicted octanol–water partition coefficient (Wildman–Crippen LogP) is 6.74. The maximum atomic E-state index is 14.7. The van der Waals surface area contributed by atoms with E-state index in [1.165, 1.54) is 17.2 Å². The standard InChI is InChI=1S/C28H21FN2O/c29-24-12-6-4-10-22(24)28-31-26(23-11-5-7-13-27(23)32-28)18-25(30-31)21-16-14-20(15-17-21)19-8-2-1-3-9-19/h1-17,26,28H,18H2/t26-,28+/m0/s1. The monoisotopic (exact) mass is 420 g/mol. The highest BCUT2D eigenvalue weighted by Crippen LogP contribution is 2.47. The van der Waals surface area contributed by atoms with E-state index >= 15 is 0 Å². The molecule has 0 amide bonds. The molecule has 2 heterocycles. The number of hydrogen-bond donors (Lipinski definition) is 0. The van der Waals surface area contributed by atoms with Crippen molar-refractivity contribution in [3.8, 4) is 16.9 Å². The molecule has 2 atom stereocenters. The molecule has 0 bridgehead atoms. The number of hydrogen-bond acceptors (Lipinski definition) is 3. The molecule has 2 aliphatic rings. The van der Waals surface area contributed by atoms with Gasteiger partial charge in [-0.15, -0.1) is 0 Å². The van der Waals surface area contributed by atoms with E-state index in [4.69, 9.17) is 9.84 Å². The van der Waals surface area contributed by atoms with E-state index in [9.17, 15) is 4.39 Å². The van der Waals surface area contributed by atoms with Crippen molar-refractivity contribution in [2.45, 2.75) is 18.7 Å². The Morgan fingerprint density at radius 1 is 0.688 bits per heavy atom. The zero-order valence-electron chi connectivity index (χ0n) is 17.4. The zero-order chi connectivity index (χ0) is 21.5. The van der Waals surface area contributed by atoms with Crippen LogP contribution in [-0.4, -0.2) is 10.7 Å². The molecule has 2 aliphatic heterocycles. The fourth-order valence-electron chi connectivity index (χ4n) is 4.57. The Morgan fingerprint density at radius 3 is 2.09 bits per heavy atom. The average molecular weight is 420 g/mol. The Bertz CT molecular complexity index is 1300. The van der Waals surface area contributed by atoms with Crippen molar-refractivity contribution in [3.63, 3.8) is 0 Å². The Labute approximate surface area is 186 Å². The van der Waals surface area contributed by atoms with Crippen LogP contribution in [0.15, 0.2) is 108 Å². The minimum atomic E-state index is -0.600. The number of rotatable bonds is 3. The van der Waals surface area contributed by atoms with E-state index in [-0.39, 0.29) is 11.9 Å². The van der Waals surface area contributed by atoms with Crippen LogP contribution in [-0.2, 0) is 0 Å². The fraction of sp³-hybridized carbons (Fsp3) is 0.107. The number of ether oxygens (including phenoxy) is 1. The maximum Gasteiger partial charge on any atom is 0.216 e. The van der Waals surface area contributed by atoms with Gasteiger partial charge in [0.2, 0.25) is 6.23 Å². The van der Waals surface area contributed by atoms with Crippen molar-refractivity contribution in [1.29, 1.82) is 0 Å². The summed E-state index contributed by atoms with van der Waals surface area (Å²) < 4.78 is 20.9. The van der Waals surface area contributed by atoms with Gasteiger partial charge < -0.3 is 4.74 Å². The van der Waals surface area contributed by atoms with Gasteiger partial charge in [-0.25, -0.2) is 9.40 Å². The molecular weight excluding hydrogens is 399 g/mol. The topological polar surface area (TPSA) is 24.8 Å². The van der Waals surface area contributed by atoms with Crippen molar-refractivity contribution in [2.24, 2.45) is 5.10 Å². The first-order chi connectivity index (χ1) is 15.8. The second-order valence-corrected chi connectivity index (χ2v) is 8.12. The van der Waals surface area contributed by atoms with Crippen LogP contribution >= 0.6 is 0 Å². The second-order valence-electron chi connectivity index (χ2n) is 8.12. The highest BCUT2D eigenvalue weighted by Gasteiger charge is 2.41. The molecule has 4 aromatic rings.